The van der Waals surface area contributed by atoms with Crippen LogP contribution in [0.2, 0.25) is 0 Å². The molecule has 1 aromatic carbocycles. The summed E-state index contributed by atoms with van der Waals surface area (Å²) in [5.74, 6) is 1.31. The van der Waals surface area contributed by atoms with Crippen LogP contribution in [0.25, 0.3) is 4.96 Å². The molecule has 1 aliphatic heterocycles. The van der Waals surface area contributed by atoms with Crippen LogP contribution < -0.4 is 25.2 Å². The van der Waals surface area contributed by atoms with Gasteiger partial charge in [-0.15, -0.1) is 5.10 Å². The number of methoxy groups -OCH3 is 2. The molecule has 0 spiro atoms. The lowest BCUT2D eigenvalue weighted by Gasteiger charge is -2.30. The molecule has 1 saturated heterocycles. The lowest BCUT2D eigenvalue weighted by Crippen LogP contribution is -2.40. The van der Waals surface area contributed by atoms with Crippen LogP contribution in [-0.2, 0) is 17.8 Å². The number of ether oxygens (including phenoxy) is 2. The summed E-state index contributed by atoms with van der Waals surface area (Å²) in [5, 5.41) is 8.29. The van der Waals surface area contributed by atoms with Crippen molar-refractivity contribution in [2.24, 2.45) is 5.92 Å². The van der Waals surface area contributed by atoms with Gasteiger partial charge in [0.05, 0.1) is 14.2 Å². The number of amides is 1. The lowest BCUT2D eigenvalue weighted by atomic mass is 9.96. The topological polar surface area (TPSA) is 98.1 Å². The van der Waals surface area contributed by atoms with E-state index >= 15 is 0 Å². The van der Waals surface area contributed by atoms with Crippen molar-refractivity contribution in [2.75, 3.05) is 32.2 Å². The Morgan fingerprint density at radius 1 is 1.18 bits per heavy atom. The maximum atomic E-state index is 12.7. The summed E-state index contributed by atoms with van der Waals surface area (Å²) in [5.41, 5.74) is 1.62. The first-order chi connectivity index (χ1) is 16.0. The van der Waals surface area contributed by atoms with E-state index < -0.39 is 0 Å². The fourth-order valence-electron chi connectivity index (χ4n) is 4.02. The number of fused-ring (bicyclic) bond motifs is 1. The Hall–Kier alpha value is -3.14. The molecule has 176 valence electrons. The lowest BCUT2D eigenvalue weighted by molar-refractivity contribution is -0.125. The van der Waals surface area contributed by atoms with E-state index in [0.717, 1.165) is 42.1 Å². The van der Waals surface area contributed by atoms with Crippen molar-refractivity contribution >= 4 is 27.3 Å². The van der Waals surface area contributed by atoms with Crippen molar-refractivity contribution in [3.05, 3.63) is 45.9 Å². The summed E-state index contributed by atoms with van der Waals surface area (Å²) < 4.78 is 12.0. The van der Waals surface area contributed by atoms with Gasteiger partial charge in [0.25, 0.3) is 5.56 Å². The predicted octanol–water partition coefficient (Wildman–Crippen LogP) is 2.65. The molecule has 9 nitrogen and oxygen atoms in total. The molecule has 0 saturated carbocycles. The fourth-order valence-corrected chi connectivity index (χ4v) is 4.99. The highest BCUT2D eigenvalue weighted by Crippen LogP contribution is 2.29. The Morgan fingerprint density at radius 3 is 2.64 bits per heavy atom. The summed E-state index contributed by atoms with van der Waals surface area (Å²) in [6.45, 7) is 3.93. The van der Waals surface area contributed by atoms with Gasteiger partial charge in [-0.05, 0) is 37.0 Å². The number of carbonyl (C=O) groups excluding carboxylic acids is 1. The van der Waals surface area contributed by atoms with E-state index in [1.54, 1.807) is 20.3 Å². The van der Waals surface area contributed by atoms with Crippen LogP contribution in [0.15, 0.2) is 29.1 Å². The van der Waals surface area contributed by atoms with Crippen molar-refractivity contribution in [2.45, 2.75) is 39.2 Å². The van der Waals surface area contributed by atoms with Crippen LogP contribution in [0.1, 0.15) is 37.4 Å². The molecule has 0 bridgehead atoms. The molecule has 2 aromatic heterocycles. The van der Waals surface area contributed by atoms with E-state index in [1.807, 2.05) is 18.2 Å². The number of piperidine rings is 1. The molecule has 1 fully saturated rings. The summed E-state index contributed by atoms with van der Waals surface area (Å²) in [6, 6.07) is 7.19. The number of nitrogens with one attached hydrogen (secondary N) is 1. The Morgan fingerprint density at radius 2 is 1.94 bits per heavy atom. The first-order valence-corrected chi connectivity index (χ1v) is 12.0. The standard InChI is InChI=1S/C23H29N5O4S/c1-4-5-17-13-20(29)28-22(25-17)33-23(26-28)27-10-8-16(9-11-27)21(30)24-14-15-6-7-18(31-2)19(12-15)32-3/h6-7,12-13,16H,4-5,8-11,14H2,1-3H3,(H,24,30). The van der Waals surface area contributed by atoms with E-state index in [9.17, 15) is 9.59 Å². The zero-order valence-corrected chi connectivity index (χ0v) is 20.0. The van der Waals surface area contributed by atoms with Crippen LogP contribution in [0, 0.1) is 5.92 Å². The molecule has 1 amide bonds. The molecular weight excluding hydrogens is 442 g/mol. The van der Waals surface area contributed by atoms with Gasteiger partial charge in [-0.25, -0.2) is 4.98 Å². The van der Waals surface area contributed by atoms with Gasteiger partial charge in [0.1, 0.15) is 0 Å². The van der Waals surface area contributed by atoms with E-state index in [2.05, 4.69) is 27.2 Å². The van der Waals surface area contributed by atoms with Crippen LogP contribution >= 0.6 is 11.3 Å². The molecule has 33 heavy (non-hydrogen) atoms. The molecule has 0 aliphatic carbocycles. The first-order valence-electron chi connectivity index (χ1n) is 11.2. The van der Waals surface area contributed by atoms with Gasteiger partial charge in [-0.3, -0.25) is 9.59 Å². The molecule has 1 aliphatic rings. The Balaban J connectivity index is 1.34. The van der Waals surface area contributed by atoms with Crippen molar-refractivity contribution < 1.29 is 14.3 Å². The number of carbonyl (C=O) groups is 1. The molecule has 4 rings (SSSR count). The van der Waals surface area contributed by atoms with Gasteiger partial charge in [-0.1, -0.05) is 30.7 Å². The van der Waals surface area contributed by atoms with E-state index in [-0.39, 0.29) is 17.4 Å². The fraction of sp³-hybridized carbons (Fsp3) is 0.478. The van der Waals surface area contributed by atoms with Gasteiger partial charge in [-0.2, -0.15) is 4.52 Å². The molecule has 3 heterocycles. The maximum Gasteiger partial charge on any atom is 0.275 e. The van der Waals surface area contributed by atoms with Gasteiger partial charge < -0.3 is 19.7 Å². The average molecular weight is 472 g/mol. The molecule has 3 aromatic rings. The minimum absolute atomic E-state index is 0.0484. The molecule has 0 radical (unpaired) electrons. The van der Waals surface area contributed by atoms with E-state index in [1.165, 1.54) is 15.9 Å². The second-order valence-corrected chi connectivity index (χ2v) is 9.02. The maximum absolute atomic E-state index is 12.7. The van der Waals surface area contributed by atoms with Crippen LogP contribution in [-0.4, -0.2) is 47.8 Å². The number of aromatic nitrogens is 3. The second kappa shape index (κ2) is 10.2. The minimum atomic E-state index is -0.143. The summed E-state index contributed by atoms with van der Waals surface area (Å²) in [4.78, 5) is 32.4. The number of aryl methyl sites for hydroxylation is 1. The number of benzene rings is 1. The normalized spacial score (nSPS) is 14.5. The molecule has 0 unspecified atom stereocenters. The van der Waals surface area contributed by atoms with Gasteiger partial charge >= 0.3 is 0 Å². The largest absolute Gasteiger partial charge is 0.493 e. The predicted molar refractivity (Wildman–Crippen MR) is 127 cm³/mol. The third-order valence-corrected chi connectivity index (χ3v) is 6.81. The van der Waals surface area contributed by atoms with Crippen LogP contribution in [0.5, 0.6) is 11.5 Å². The molecule has 1 N–H and O–H groups in total. The average Bonchev–Trinajstić information content (AvgIpc) is 3.27. The number of rotatable bonds is 8. The summed E-state index contributed by atoms with van der Waals surface area (Å²) >= 11 is 1.43. The number of nitrogens with zero attached hydrogens (tertiary/aromatic N) is 4. The number of anilines is 1. The van der Waals surface area contributed by atoms with E-state index in [4.69, 9.17) is 9.47 Å². The molecule has 0 atom stereocenters. The summed E-state index contributed by atoms with van der Waals surface area (Å²) in [7, 11) is 3.19. The quantitative estimate of drug-likeness (QED) is 0.539. The monoisotopic (exact) mass is 471 g/mol. The van der Waals surface area contributed by atoms with Crippen LogP contribution in [0.4, 0.5) is 5.13 Å². The SMILES string of the molecule is CCCc1cc(=O)n2nc(N3CCC(C(=O)NCc4ccc(OC)c(OC)c4)CC3)sc2n1. The summed E-state index contributed by atoms with van der Waals surface area (Å²) in [6.07, 6.45) is 3.19. The highest BCUT2D eigenvalue weighted by molar-refractivity contribution is 7.20. The van der Waals surface area contributed by atoms with Gasteiger partial charge in [0.15, 0.2) is 11.5 Å². The van der Waals surface area contributed by atoms with Gasteiger partial charge in [0, 0.05) is 37.3 Å². The van der Waals surface area contributed by atoms with Crippen LogP contribution in [0.3, 0.4) is 0 Å². The zero-order chi connectivity index (χ0) is 23.4. The Kier molecular flexibility index (Phi) is 7.12. The second-order valence-electron chi connectivity index (χ2n) is 8.08. The van der Waals surface area contributed by atoms with Crippen molar-refractivity contribution in [1.29, 1.82) is 0 Å². The number of hydrogen-bond donors (Lipinski definition) is 1. The van der Waals surface area contributed by atoms with Gasteiger partial charge in [0.2, 0.25) is 16.0 Å². The first kappa shape index (κ1) is 23.0. The van der Waals surface area contributed by atoms with Crippen molar-refractivity contribution in [3.8, 4) is 11.5 Å². The molecule has 10 heteroatoms. The van der Waals surface area contributed by atoms with E-state index in [0.29, 0.717) is 36.1 Å². The van der Waals surface area contributed by atoms with Crippen molar-refractivity contribution in [1.82, 2.24) is 19.9 Å². The third kappa shape index (κ3) is 5.11. The highest BCUT2D eigenvalue weighted by Gasteiger charge is 2.27. The van der Waals surface area contributed by atoms with Crippen molar-refractivity contribution in [3.63, 3.8) is 0 Å². The minimum Gasteiger partial charge on any atom is -0.493 e. The zero-order valence-electron chi connectivity index (χ0n) is 19.2. The third-order valence-electron chi connectivity index (χ3n) is 5.84. The Bertz CT molecular complexity index is 1180. The number of hydrogen-bond acceptors (Lipinski definition) is 8. The smallest absolute Gasteiger partial charge is 0.275 e. The Labute approximate surface area is 196 Å². The molecular formula is C23H29N5O4S. The highest BCUT2D eigenvalue weighted by atomic mass is 32.1.